The molecule has 9 nitrogen and oxygen atoms in total. The van der Waals surface area contributed by atoms with Gasteiger partial charge < -0.3 is 15.2 Å². The Bertz CT molecular complexity index is 793. The van der Waals surface area contributed by atoms with E-state index in [0.717, 1.165) is 5.56 Å². The number of amides is 2. The number of hydrogen-bond acceptors (Lipinski definition) is 6. The summed E-state index contributed by atoms with van der Waals surface area (Å²) in [6.45, 7) is 0.148. The number of carbonyl (C=O) groups is 1. The van der Waals surface area contributed by atoms with Crippen LogP contribution in [0.3, 0.4) is 0 Å². The molecule has 9 heteroatoms. The highest BCUT2D eigenvalue weighted by atomic mass is 16.6. The fraction of sp³-hybridized carbons (Fsp3) is 0.125. The van der Waals surface area contributed by atoms with Gasteiger partial charge in [-0.3, -0.25) is 10.1 Å². The number of rotatable bonds is 7. The number of ether oxygens (including phenoxy) is 2. The van der Waals surface area contributed by atoms with Gasteiger partial charge in [-0.1, -0.05) is 30.3 Å². The molecule has 0 fully saturated rings. The molecule has 0 aromatic heterocycles. The standard InChI is InChI=1S/C16H16N4O5/c1-24-14-8-12(9-18-19-16(17)21)7-13(20(22)23)15(14)25-10-11-5-3-2-4-6-11/h2-9H,10H2,1H3,(H3,17,19,21)/b18-9-. The van der Waals surface area contributed by atoms with Gasteiger partial charge in [-0.2, -0.15) is 5.10 Å². The number of nitro groups is 1. The molecular weight excluding hydrogens is 328 g/mol. The van der Waals surface area contributed by atoms with Crippen molar-refractivity contribution < 1.29 is 19.2 Å². The summed E-state index contributed by atoms with van der Waals surface area (Å²) in [5, 5.41) is 14.9. The number of nitrogens with one attached hydrogen (secondary N) is 1. The van der Waals surface area contributed by atoms with Crippen LogP contribution in [0, 0.1) is 10.1 Å². The average Bonchev–Trinajstić information content (AvgIpc) is 2.60. The van der Waals surface area contributed by atoms with E-state index in [4.69, 9.17) is 15.2 Å². The Morgan fingerprint density at radius 1 is 1.36 bits per heavy atom. The van der Waals surface area contributed by atoms with Crippen LogP contribution in [0.4, 0.5) is 10.5 Å². The minimum Gasteiger partial charge on any atom is -0.493 e. The zero-order valence-corrected chi connectivity index (χ0v) is 13.3. The van der Waals surface area contributed by atoms with Crippen molar-refractivity contribution in [1.82, 2.24) is 5.43 Å². The summed E-state index contributed by atoms with van der Waals surface area (Å²) in [5.74, 6) is 0.182. The third-order valence-corrected chi connectivity index (χ3v) is 3.09. The molecule has 2 aromatic rings. The first-order valence-corrected chi connectivity index (χ1v) is 7.13. The number of methoxy groups -OCH3 is 1. The lowest BCUT2D eigenvalue weighted by atomic mass is 10.1. The summed E-state index contributed by atoms with van der Waals surface area (Å²) in [6.07, 6.45) is 1.21. The Kier molecular flexibility index (Phi) is 5.88. The molecule has 0 saturated heterocycles. The predicted molar refractivity (Wildman–Crippen MR) is 90.7 cm³/mol. The number of hydrogen-bond donors (Lipinski definition) is 2. The highest BCUT2D eigenvalue weighted by Gasteiger charge is 2.22. The first-order valence-electron chi connectivity index (χ1n) is 7.13. The second-order valence-electron chi connectivity index (χ2n) is 4.84. The van der Waals surface area contributed by atoms with Crippen molar-refractivity contribution in [2.75, 3.05) is 7.11 Å². The normalized spacial score (nSPS) is 10.4. The Balaban J connectivity index is 2.32. The molecule has 2 rings (SSSR count). The monoisotopic (exact) mass is 344 g/mol. The van der Waals surface area contributed by atoms with Crippen molar-refractivity contribution in [2.45, 2.75) is 6.61 Å². The maximum absolute atomic E-state index is 11.4. The van der Waals surface area contributed by atoms with E-state index in [0.29, 0.717) is 5.56 Å². The molecule has 0 aliphatic carbocycles. The van der Waals surface area contributed by atoms with E-state index in [2.05, 4.69) is 5.10 Å². The zero-order chi connectivity index (χ0) is 18.2. The third-order valence-electron chi connectivity index (χ3n) is 3.09. The minimum atomic E-state index is -0.847. The van der Waals surface area contributed by atoms with Gasteiger partial charge in [0, 0.05) is 11.6 Å². The fourth-order valence-electron chi connectivity index (χ4n) is 2.02. The molecular formula is C16H16N4O5. The van der Waals surface area contributed by atoms with Crippen molar-refractivity contribution >= 4 is 17.9 Å². The van der Waals surface area contributed by atoms with Crippen LogP contribution in [-0.2, 0) is 6.61 Å². The summed E-state index contributed by atoms with van der Waals surface area (Å²) in [4.78, 5) is 21.4. The van der Waals surface area contributed by atoms with Gasteiger partial charge in [0.2, 0.25) is 5.75 Å². The third kappa shape index (κ3) is 4.93. The largest absolute Gasteiger partial charge is 0.493 e. The molecule has 0 aliphatic rings. The molecule has 130 valence electrons. The molecule has 0 spiro atoms. The van der Waals surface area contributed by atoms with Gasteiger partial charge in [-0.25, -0.2) is 10.2 Å². The summed E-state index contributed by atoms with van der Waals surface area (Å²) in [5.41, 5.74) is 7.81. The van der Waals surface area contributed by atoms with Gasteiger partial charge in [0.25, 0.3) is 0 Å². The SMILES string of the molecule is COc1cc(/C=N\NC(N)=O)cc([N+](=O)[O-])c1OCc1ccccc1. The zero-order valence-electron chi connectivity index (χ0n) is 13.3. The predicted octanol–water partition coefficient (Wildman–Crippen LogP) is 2.18. The average molecular weight is 344 g/mol. The maximum atomic E-state index is 11.4. The lowest BCUT2D eigenvalue weighted by Gasteiger charge is -2.12. The minimum absolute atomic E-state index is 0.0105. The van der Waals surface area contributed by atoms with Crippen molar-refractivity contribution in [3.8, 4) is 11.5 Å². The quantitative estimate of drug-likeness (QED) is 0.452. The molecule has 0 aliphatic heterocycles. The van der Waals surface area contributed by atoms with Crippen molar-refractivity contribution in [3.05, 3.63) is 63.7 Å². The Hall–Kier alpha value is -3.62. The second kappa shape index (κ2) is 8.29. The van der Waals surface area contributed by atoms with Crippen LogP contribution in [-0.4, -0.2) is 24.3 Å². The van der Waals surface area contributed by atoms with Crippen LogP contribution in [0.5, 0.6) is 11.5 Å². The maximum Gasteiger partial charge on any atom is 0.332 e. The van der Waals surface area contributed by atoms with Crippen molar-refractivity contribution in [3.63, 3.8) is 0 Å². The number of nitrogens with two attached hydrogens (primary N) is 1. The lowest BCUT2D eigenvalue weighted by Crippen LogP contribution is -2.24. The van der Waals surface area contributed by atoms with Gasteiger partial charge >= 0.3 is 11.7 Å². The van der Waals surface area contributed by atoms with Gasteiger partial charge in [0.15, 0.2) is 5.75 Å². The van der Waals surface area contributed by atoms with Crippen LogP contribution in [0.25, 0.3) is 0 Å². The number of primary amides is 1. The van der Waals surface area contributed by atoms with E-state index >= 15 is 0 Å². The Morgan fingerprint density at radius 2 is 2.08 bits per heavy atom. The topological polar surface area (TPSA) is 129 Å². The van der Waals surface area contributed by atoms with Crippen LogP contribution in [0.1, 0.15) is 11.1 Å². The molecule has 2 amide bonds. The smallest absolute Gasteiger partial charge is 0.332 e. The molecule has 0 heterocycles. The Morgan fingerprint density at radius 3 is 2.68 bits per heavy atom. The van der Waals surface area contributed by atoms with E-state index < -0.39 is 11.0 Å². The summed E-state index contributed by atoms with van der Waals surface area (Å²) in [7, 11) is 1.37. The van der Waals surface area contributed by atoms with Gasteiger partial charge in [-0.05, 0) is 11.6 Å². The summed E-state index contributed by atoms with van der Waals surface area (Å²) in [6, 6.07) is 11.1. The fourth-order valence-corrected chi connectivity index (χ4v) is 2.02. The highest BCUT2D eigenvalue weighted by Crippen LogP contribution is 2.38. The number of carbonyl (C=O) groups excluding carboxylic acids is 1. The van der Waals surface area contributed by atoms with E-state index in [1.54, 1.807) is 0 Å². The number of urea groups is 1. The first kappa shape index (κ1) is 17.7. The first-order chi connectivity index (χ1) is 12.0. The Labute approximate surface area is 143 Å². The number of nitrogens with zero attached hydrogens (tertiary/aromatic N) is 2. The van der Waals surface area contributed by atoms with Gasteiger partial charge in [-0.15, -0.1) is 0 Å². The molecule has 0 atom stereocenters. The van der Waals surface area contributed by atoms with E-state index in [1.165, 1.54) is 25.5 Å². The van der Waals surface area contributed by atoms with Gasteiger partial charge in [0.1, 0.15) is 6.61 Å². The number of nitro benzene ring substituents is 1. The molecule has 0 unspecified atom stereocenters. The van der Waals surface area contributed by atoms with E-state index in [-0.39, 0.29) is 23.8 Å². The second-order valence-corrected chi connectivity index (χ2v) is 4.84. The number of benzene rings is 2. The summed E-state index contributed by atoms with van der Waals surface area (Å²) >= 11 is 0. The lowest BCUT2D eigenvalue weighted by molar-refractivity contribution is -0.386. The van der Waals surface area contributed by atoms with Crippen LogP contribution >= 0.6 is 0 Å². The van der Waals surface area contributed by atoms with Crippen LogP contribution < -0.4 is 20.6 Å². The van der Waals surface area contributed by atoms with Crippen LogP contribution in [0.2, 0.25) is 0 Å². The number of hydrazone groups is 1. The van der Waals surface area contributed by atoms with Crippen molar-refractivity contribution in [1.29, 1.82) is 0 Å². The highest BCUT2D eigenvalue weighted by molar-refractivity contribution is 5.84. The van der Waals surface area contributed by atoms with E-state index in [1.807, 2.05) is 35.8 Å². The van der Waals surface area contributed by atoms with E-state index in [9.17, 15) is 14.9 Å². The molecule has 0 bridgehead atoms. The molecule has 0 saturated carbocycles. The molecule has 0 radical (unpaired) electrons. The molecule has 25 heavy (non-hydrogen) atoms. The van der Waals surface area contributed by atoms with Crippen molar-refractivity contribution in [2.24, 2.45) is 10.8 Å². The molecule has 2 aromatic carbocycles. The van der Waals surface area contributed by atoms with Crippen LogP contribution in [0.15, 0.2) is 47.6 Å². The van der Waals surface area contributed by atoms with Gasteiger partial charge in [0.05, 0.1) is 18.2 Å². The summed E-state index contributed by atoms with van der Waals surface area (Å²) < 4.78 is 10.8. The molecule has 3 N–H and O–H groups in total.